The molecule has 1 unspecified atom stereocenters. The van der Waals surface area contributed by atoms with Crippen LogP contribution in [0.2, 0.25) is 0 Å². The zero-order chi connectivity index (χ0) is 50.1. The summed E-state index contributed by atoms with van der Waals surface area (Å²) in [5.74, 6) is 6.54. The smallest absolute Gasteiger partial charge is 0.0249 e. The van der Waals surface area contributed by atoms with Crippen LogP contribution in [0.4, 0.5) is 0 Å². The van der Waals surface area contributed by atoms with Gasteiger partial charge in [0.1, 0.15) is 0 Å². The monoisotopic (exact) mass is 919 g/mol. The Kier molecular flexibility index (Phi) is 17.7. The number of rotatable bonds is 7. The van der Waals surface area contributed by atoms with Crippen LogP contribution in [0.5, 0.6) is 0 Å². The van der Waals surface area contributed by atoms with E-state index in [2.05, 4.69) is 235 Å². The van der Waals surface area contributed by atoms with E-state index < -0.39 is 0 Å². The molecular formula is C71H66. The summed E-state index contributed by atoms with van der Waals surface area (Å²) in [5.41, 5.74) is 20.2. The maximum atomic E-state index is 4.22. The second-order valence-corrected chi connectivity index (χ2v) is 17.8. The fourth-order valence-corrected chi connectivity index (χ4v) is 9.15. The van der Waals surface area contributed by atoms with E-state index in [1.807, 2.05) is 62.4 Å². The van der Waals surface area contributed by atoms with Gasteiger partial charge in [0.2, 0.25) is 0 Å². The van der Waals surface area contributed by atoms with Gasteiger partial charge in [-0.3, -0.25) is 0 Å². The van der Waals surface area contributed by atoms with Gasteiger partial charge in [0, 0.05) is 11.5 Å². The number of hydrogen-bond donors (Lipinski definition) is 0. The zero-order valence-corrected chi connectivity index (χ0v) is 42.5. The highest BCUT2D eigenvalue weighted by Crippen LogP contribution is 2.40. The van der Waals surface area contributed by atoms with Gasteiger partial charge in [-0.05, 0) is 144 Å². The summed E-state index contributed by atoms with van der Waals surface area (Å²) in [6.07, 6.45) is 20.6. The molecule has 0 saturated carbocycles. The lowest BCUT2D eigenvalue weighted by Gasteiger charge is -2.16. The number of allylic oxidation sites excluding steroid dienone is 10. The highest BCUT2D eigenvalue weighted by molar-refractivity contribution is 6.05. The van der Waals surface area contributed by atoms with Crippen LogP contribution in [0.1, 0.15) is 96.2 Å². The fraction of sp³-hybridized carbons (Fsp3) is 0.127. The largest absolute Gasteiger partial charge is 0.0955 e. The molecule has 0 heterocycles. The summed E-state index contributed by atoms with van der Waals surface area (Å²) < 4.78 is 0. The van der Waals surface area contributed by atoms with Crippen molar-refractivity contribution in [2.45, 2.75) is 60.3 Å². The Bertz CT molecular complexity index is 3420. The maximum absolute atomic E-state index is 4.22. The topological polar surface area (TPSA) is 0 Å². The molecule has 71 heavy (non-hydrogen) atoms. The molecule has 8 aromatic carbocycles. The van der Waals surface area contributed by atoms with Crippen LogP contribution in [0, 0.1) is 18.8 Å². The first-order valence-corrected chi connectivity index (χ1v) is 25.0. The summed E-state index contributed by atoms with van der Waals surface area (Å²) in [4.78, 5) is 0. The lowest BCUT2D eigenvalue weighted by molar-refractivity contribution is 0.922. The van der Waals surface area contributed by atoms with E-state index in [-0.39, 0.29) is 0 Å². The summed E-state index contributed by atoms with van der Waals surface area (Å²) in [5, 5.41) is 5.07. The molecule has 0 N–H and O–H groups in total. The van der Waals surface area contributed by atoms with E-state index in [0.717, 1.165) is 29.6 Å². The Balaban J connectivity index is 0.000000164. The van der Waals surface area contributed by atoms with Gasteiger partial charge in [0.05, 0.1) is 0 Å². The number of aryl methyl sites for hydroxylation is 2. The fourth-order valence-electron chi connectivity index (χ4n) is 9.15. The van der Waals surface area contributed by atoms with Crippen molar-refractivity contribution in [2.24, 2.45) is 0 Å². The lowest BCUT2D eigenvalue weighted by Crippen LogP contribution is -1.98. The van der Waals surface area contributed by atoms with Gasteiger partial charge in [0.25, 0.3) is 0 Å². The van der Waals surface area contributed by atoms with Crippen LogP contribution in [-0.2, 0) is 12.8 Å². The molecule has 1 atom stereocenters. The Morgan fingerprint density at radius 1 is 0.676 bits per heavy atom. The molecule has 0 amide bonds. The minimum absolute atomic E-state index is 0.410. The van der Waals surface area contributed by atoms with Crippen molar-refractivity contribution in [1.29, 1.82) is 0 Å². The first-order chi connectivity index (χ1) is 34.7. The summed E-state index contributed by atoms with van der Waals surface area (Å²) in [7, 11) is 0. The molecule has 2 aliphatic carbocycles. The van der Waals surface area contributed by atoms with Crippen LogP contribution >= 0.6 is 0 Å². The van der Waals surface area contributed by atoms with Gasteiger partial charge in [-0.15, -0.1) is 0 Å². The lowest BCUT2D eigenvalue weighted by atomic mass is 9.88. The molecule has 2 aliphatic rings. The van der Waals surface area contributed by atoms with Crippen molar-refractivity contribution in [3.8, 4) is 23.0 Å². The third-order valence-electron chi connectivity index (χ3n) is 13.0. The van der Waals surface area contributed by atoms with Crippen LogP contribution in [0.25, 0.3) is 67.6 Å². The zero-order valence-electron chi connectivity index (χ0n) is 42.5. The van der Waals surface area contributed by atoms with Crippen molar-refractivity contribution in [3.05, 3.63) is 287 Å². The molecule has 0 fully saturated rings. The molecule has 0 heteroatoms. The Morgan fingerprint density at radius 2 is 1.38 bits per heavy atom. The average Bonchev–Trinajstić information content (AvgIpc) is 3.86. The molecule has 0 aromatic heterocycles. The molecule has 350 valence electrons. The molecule has 0 saturated heterocycles. The maximum Gasteiger partial charge on any atom is 0.0249 e. The second-order valence-electron chi connectivity index (χ2n) is 17.8. The minimum Gasteiger partial charge on any atom is -0.0955 e. The summed E-state index contributed by atoms with van der Waals surface area (Å²) in [6, 6.07) is 60.1. The Hall–Kier alpha value is -8.24. The molecule has 0 radical (unpaired) electrons. The highest BCUT2D eigenvalue weighted by Gasteiger charge is 2.19. The SMILES string of the molecule is C=C(C#C/C=C\C=C/c1ccccc1)c1ccc2ccccc2c1.C=C(C)c1cccc2ccc3c(c12)C=C(c1ccc(-c2ccccc2CC)c(C)c1)C3.C=C1/C=C\C=C/c2ccccc2C1C.CC. The molecule has 0 spiro atoms. The molecule has 0 nitrogen and oxygen atoms in total. The van der Waals surface area contributed by atoms with Crippen molar-refractivity contribution >= 4 is 56.5 Å². The van der Waals surface area contributed by atoms with Crippen molar-refractivity contribution in [2.75, 3.05) is 0 Å². The third-order valence-corrected chi connectivity index (χ3v) is 13.0. The van der Waals surface area contributed by atoms with Crippen LogP contribution in [-0.4, -0.2) is 0 Å². The molecule has 0 aliphatic heterocycles. The van der Waals surface area contributed by atoms with E-state index in [0.29, 0.717) is 5.92 Å². The van der Waals surface area contributed by atoms with E-state index in [1.165, 1.54) is 93.9 Å². The highest BCUT2D eigenvalue weighted by atomic mass is 14.2. The second kappa shape index (κ2) is 24.9. The molecule has 8 aromatic rings. The first kappa shape index (κ1) is 50.6. The van der Waals surface area contributed by atoms with Crippen molar-refractivity contribution in [1.82, 2.24) is 0 Å². The van der Waals surface area contributed by atoms with E-state index in [1.54, 1.807) is 0 Å². The number of benzene rings is 8. The normalized spacial score (nSPS) is 14.1. The predicted molar refractivity (Wildman–Crippen MR) is 315 cm³/mol. The van der Waals surface area contributed by atoms with Crippen LogP contribution in [0.3, 0.4) is 0 Å². The first-order valence-electron chi connectivity index (χ1n) is 25.0. The van der Waals surface area contributed by atoms with Gasteiger partial charge in [-0.2, -0.15) is 0 Å². The Morgan fingerprint density at radius 3 is 2.17 bits per heavy atom. The quantitative estimate of drug-likeness (QED) is 0.110. The van der Waals surface area contributed by atoms with Crippen LogP contribution in [0.15, 0.2) is 232 Å². The van der Waals surface area contributed by atoms with E-state index >= 15 is 0 Å². The van der Waals surface area contributed by atoms with Crippen LogP contribution < -0.4 is 0 Å². The third kappa shape index (κ3) is 12.7. The minimum atomic E-state index is 0.410. The van der Waals surface area contributed by atoms with Crippen molar-refractivity contribution < 1.29 is 0 Å². The number of fused-ring (bicyclic) bond motifs is 5. The van der Waals surface area contributed by atoms with Gasteiger partial charge < -0.3 is 0 Å². The van der Waals surface area contributed by atoms with E-state index in [9.17, 15) is 0 Å². The molecular weight excluding hydrogens is 853 g/mol. The molecule has 0 bridgehead atoms. The summed E-state index contributed by atoms with van der Waals surface area (Å²) >= 11 is 0. The van der Waals surface area contributed by atoms with Gasteiger partial charge in [0.15, 0.2) is 0 Å². The van der Waals surface area contributed by atoms with Crippen molar-refractivity contribution in [3.63, 3.8) is 0 Å². The van der Waals surface area contributed by atoms with Gasteiger partial charge in [-0.1, -0.05) is 271 Å². The Labute approximate surface area is 424 Å². The predicted octanol–water partition coefficient (Wildman–Crippen LogP) is 19.6. The summed E-state index contributed by atoms with van der Waals surface area (Å²) in [6.45, 7) is 25.1. The van der Waals surface area contributed by atoms with E-state index in [4.69, 9.17) is 0 Å². The average molecular weight is 919 g/mol. The van der Waals surface area contributed by atoms with Gasteiger partial charge in [-0.25, -0.2) is 0 Å². The molecule has 10 rings (SSSR count). The standard InChI is InChI=1S/C31H28.C24H18.C14H14.C2H6/c1-5-22-9-6-7-11-29(22)28-16-15-24(17-21(28)4)26-18-25-14-13-23-10-8-12-27(20(2)3)31(23)30(25)19-26;1-20(23-18-17-22-15-9-10-16-24(22)19-23)11-5-2-3-6-12-21-13-7-4-8-14-21;1-11-7-3-4-8-13-9-5-6-10-14(13)12(11)2;1-2/h6-17,19H,2,5,18H2,1,3-4H3;2-4,6-10,12-19H,1H2;3-10,12H,1H2,2H3;1-2H3/b;3-2-,12-6-;7-3-,8-4-;. The van der Waals surface area contributed by atoms with Gasteiger partial charge >= 0.3 is 0 Å². The number of hydrogen-bond acceptors (Lipinski definition) is 0.